The molecule has 6 nitrogen and oxygen atoms in total. The molecule has 2 rings (SSSR count). The largest absolute Gasteiger partial charge is 0.493 e. The summed E-state index contributed by atoms with van der Waals surface area (Å²) in [5.74, 6) is 0.442. The normalized spacial score (nSPS) is 11.7. The summed E-state index contributed by atoms with van der Waals surface area (Å²) in [4.78, 5) is 24.2. The number of hydrogen-bond acceptors (Lipinski definition) is 5. The number of benzene rings is 2. The van der Waals surface area contributed by atoms with Crippen LogP contribution in [0.1, 0.15) is 23.6 Å². The zero-order chi connectivity index (χ0) is 20.5. The Morgan fingerprint density at radius 2 is 1.82 bits per heavy atom. The maximum atomic E-state index is 12.4. The van der Waals surface area contributed by atoms with Crippen molar-refractivity contribution in [2.75, 3.05) is 21.3 Å². The quantitative estimate of drug-likeness (QED) is 0.490. The molecule has 0 saturated heterocycles. The number of hydrogen-bond donors (Lipinski definition) is 1. The van der Waals surface area contributed by atoms with Gasteiger partial charge in [0.25, 0.3) is 0 Å². The molecule has 0 bridgehead atoms. The summed E-state index contributed by atoms with van der Waals surface area (Å²) >= 11 is 3.40. The molecule has 7 heteroatoms. The van der Waals surface area contributed by atoms with Crippen molar-refractivity contribution in [2.24, 2.45) is 0 Å². The van der Waals surface area contributed by atoms with E-state index in [1.54, 1.807) is 32.4 Å². The van der Waals surface area contributed by atoms with Crippen molar-refractivity contribution in [2.45, 2.75) is 12.5 Å². The molecule has 1 N–H and O–H groups in total. The van der Waals surface area contributed by atoms with Crippen molar-refractivity contribution in [3.63, 3.8) is 0 Å². The summed E-state index contributed by atoms with van der Waals surface area (Å²) in [5.41, 5.74) is 1.58. The Bertz CT molecular complexity index is 866. The Morgan fingerprint density at radius 3 is 2.46 bits per heavy atom. The first-order chi connectivity index (χ1) is 13.5. The lowest BCUT2D eigenvalue weighted by Gasteiger charge is -2.17. The number of ether oxygens (including phenoxy) is 3. The van der Waals surface area contributed by atoms with Crippen LogP contribution in [-0.2, 0) is 14.3 Å². The molecule has 148 valence electrons. The summed E-state index contributed by atoms with van der Waals surface area (Å²) in [7, 11) is 4.43. The predicted molar refractivity (Wildman–Crippen MR) is 110 cm³/mol. The van der Waals surface area contributed by atoms with Gasteiger partial charge in [-0.3, -0.25) is 9.59 Å². The fourth-order valence-electron chi connectivity index (χ4n) is 2.57. The summed E-state index contributed by atoms with van der Waals surface area (Å²) in [6, 6.07) is 12.2. The molecule has 1 unspecified atom stereocenters. The van der Waals surface area contributed by atoms with Crippen LogP contribution in [0.2, 0.25) is 0 Å². The number of carbonyl (C=O) groups excluding carboxylic acids is 2. The van der Waals surface area contributed by atoms with E-state index in [-0.39, 0.29) is 12.3 Å². The molecule has 28 heavy (non-hydrogen) atoms. The Kier molecular flexibility index (Phi) is 8.07. The lowest BCUT2D eigenvalue weighted by atomic mass is 10.0. The van der Waals surface area contributed by atoms with Crippen molar-refractivity contribution in [3.05, 3.63) is 64.1 Å². The third kappa shape index (κ3) is 6.13. The van der Waals surface area contributed by atoms with E-state index < -0.39 is 12.0 Å². The topological polar surface area (TPSA) is 73.9 Å². The van der Waals surface area contributed by atoms with Crippen molar-refractivity contribution in [1.82, 2.24) is 5.32 Å². The second kappa shape index (κ2) is 10.5. The van der Waals surface area contributed by atoms with Gasteiger partial charge in [-0.2, -0.15) is 0 Å². The average molecular weight is 448 g/mol. The third-order valence-electron chi connectivity index (χ3n) is 4.00. The number of halogens is 1. The van der Waals surface area contributed by atoms with E-state index in [0.29, 0.717) is 11.5 Å². The lowest BCUT2D eigenvalue weighted by Crippen LogP contribution is -2.29. The Hall–Kier alpha value is -2.80. The van der Waals surface area contributed by atoms with Gasteiger partial charge in [-0.1, -0.05) is 34.1 Å². The van der Waals surface area contributed by atoms with Crippen LogP contribution in [0.5, 0.6) is 11.5 Å². The van der Waals surface area contributed by atoms with Gasteiger partial charge in [-0.05, 0) is 41.5 Å². The molecule has 0 aliphatic heterocycles. The molecule has 1 amide bonds. The molecular formula is C21H22BrNO5. The van der Waals surface area contributed by atoms with Gasteiger partial charge in [-0.15, -0.1) is 0 Å². The Labute approximate surface area is 172 Å². The zero-order valence-corrected chi connectivity index (χ0v) is 17.5. The molecular weight excluding hydrogens is 426 g/mol. The fourth-order valence-corrected chi connectivity index (χ4v) is 2.99. The SMILES string of the molecule is COC(=O)CC(NC(=O)C=Cc1ccc(OC)c(OC)c1)c1cccc(Br)c1. The van der Waals surface area contributed by atoms with Crippen LogP contribution < -0.4 is 14.8 Å². The molecule has 1 atom stereocenters. The molecule has 0 heterocycles. The molecule has 0 aromatic heterocycles. The summed E-state index contributed by atoms with van der Waals surface area (Å²) in [6.07, 6.45) is 3.10. The van der Waals surface area contributed by atoms with E-state index in [2.05, 4.69) is 21.2 Å². The maximum Gasteiger partial charge on any atom is 0.307 e. The highest BCUT2D eigenvalue weighted by molar-refractivity contribution is 9.10. The van der Waals surface area contributed by atoms with Gasteiger partial charge in [0.2, 0.25) is 5.91 Å². The monoisotopic (exact) mass is 447 g/mol. The Morgan fingerprint density at radius 1 is 1.07 bits per heavy atom. The van der Waals surface area contributed by atoms with E-state index in [0.717, 1.165) is 15.6 Å². The van der Waals surface area contributed by atoms with Crippen LogP contribution in [0, 0.1) is 0 Å². The maximum absolute atomic E-state index is 12.4. The smallest absolute Gasteiger partial charge is 0.307 e. The van der Waals surface area contributed by atoms with Crippen LogP contribution in [0.15, 0.2) is 53.0 Å². The van der Waals surface area contributed by atoms with E-state index in [1.807, 2.05) is 30.3 Å². The Balaban J connectivity index is 2.14. The van der Waals surface area contributed by atoms with Crippen LogP contribution in [-0.4, -0.2) is 33.2 Å². The molecule has 0 aliphatic carbocycles. The van der Waals surface area contributed by atoms with Gasteiger partial charge in [-0.25, -0.2) is 0 Å². The highest BCUT2D eigenvalue weighted by Crippen LogP contribution is 2.28. The third-order valence-corrected chi connectivity index (χ3v) is 4.49. The first kappa shape index (κ1) is 21.5. The highest BCUT2D eigenvalue weighted by Gasteiger charge is 2.18. The minimum Gasteiger partial charge on any atom is -0.493 e. The van der Waals surface area contributed by atoms with E-state index in [9.17, 15) is 9.59 Å². The van der Waals surface area contributed by atoms with Gasteiger partial charge < -0.3 is 19.5 Å². The molecule has 2 aromatic carbocycles. The van der Waals surface area contributed by atoms with Crippen LogP contribution in [0.3, 0.4) is 0 Å². The minimum atomic E-state index is -0.507. The molecule has 0 saturated carbocycles. The number of amides is 1. The van der Waals surface area contributed by atoms with Crippen molar-refractivity contribution >= 4 is 33.9 Å². The predicted octanol–water partition coefficient (Wildman–Crippen LogP) is 3.90. The van der Waals surface area contributed by atoms with Crippen molar-refractivity contribution in [1.29, 1.82) is 0 Å². The minimum absolute atomic E-state index is 0.0306. The fraction of sp³-hybridized carbons (Fsp3) is 0.238. The van der Waals surface area contributed by atoms with E-state index in [1.165, 1.54) is 13.2 Å². The van der Waals surface area contributed by atoms with Crippen LogP contribution in [0.4, 0.5) is 0 Å². The standard InChI is InChI=1S/C21H22BrNO5/c1-26-18-9-7-14(11-19(18)27-2)8-10-20(24)23-17(13-21(25)28-3)15-5-4-6-16(22)12-15/h4-12,17H,13H2,1-3H3,(H,23,24). The number of rotatable bonds is 8. The van der Waals surface area contributed by atoms with Crippen molar-refractivity contribution in [3.8, 4) is 11.5 Å². The molecule has 0 aliphatic rings. The average Bonchev–Trinajstić information content (AvgIpc) is 2.71. The van der Waals surface area contributed by atoms with Gasteiger partial charge in [0.1, 0.15) is 0 Å². The van der Waals surface area contributed by atoms with Crippen molar-refractivity contribution < 1.29 is 23.8 Å². The van der Waals surface area contributed by atoms with Gasteiger partial charge in [0.15, 0.2) is 11.5 Å². The molecule has 2 aromatic rings. The van der Waals surface area contributed by atoms with E-state index >= 15 is 0 Å². The highest BCUT2D eigenvalue weighted by atomic mass is 79.9. The van der Waals surface area contributed by atoms with Crippen LogP contribution in [0.25, 0.3) is 6.08 Å². The van der Waals surface area contributed by atoms with Gasteiger partial charge in [0.05, 0.1) is 33.8 Å². The summed E-state index contributed by atoms with van der Waals surface area (Å²) < 4.78 is 16.1. The number of carbonyl (C=O) groups is 2. The molecule has 0 radical (unpaired) electrons. The number of methoxy groups -OCH3 is 3. The van der Waals surface area contributed by atoms with Crippen LogP contribution >= 0.6 is 15.9 Å². The second-order valence-corrected chi connectivity index (χ2v) is 6.76. The van der Waals surface area contributed by atoms with Gasteiger partial charge >= 0.3 is 5.97 Å². The lowest BCUT2D eigenvalue weighted by molar-refractivity contribution is -0.141. The second-order valence-electron chi connectivity index (χ2n) is 5.84. The molecule has 0 fully saturated rings. The summed E-state index contributed by atoms with van der Waals surface area (Å²) in [6.45, 7) is 0. The number of esters is 1. The zero-order valence-electron chi connectivity index (χ0n) is 15.9. The van der Waals surface area contributed by atoms with Gasteiger partial charge in [0, 0.05) is 10.5 Å². The van der Waals surface area contributed by atoms with E-state index in [4.69, 9.17) is 14.2 Å². The molecule has 0 spiro atoms. The first-order valence-corrected chi connectivity index (χ1v) is 9.29. The summed E-state index contributed by atoms with van der Waals surface area (Å²) in [5, 5.41) is 2.84. The first-order valence-electron chi connectivity index (χ1n) is 8.49. The number of nitrogens with one attached hydrogen (secondary N) is 1.